The number of halogens is 6. The zero-order valence-corrected chi connectivity index (χ0v) is 17.0. The summed E-state index contributed by atoms with van der Waals surface area (Å²) in [6, 6.07) is 12.4. The van der Waals surface area contributed by atoms with Crippen molar-refractivity contribution in [3.8, 4) is 11.1 Å². The van der Waals surface area contributed by atoms with Gasteiger partial charge in [-0.25, -0.2) is 4.79 Å². The predicted octanol–water partition coefficient (Wildman–Crippen LogP) is 5.72. The molecule has 0 saturated heterocycles. The molecule has 0 aliphatic heterocycles. The molecular weight excluding hydrogens is 464 g/mol. The van der Waals surface area contributed by atoms with Gasteiger partial charge in [0, 0.05) is 11.5 Å². The Hall–Kier alpha value is -3.82. The van der Waals surface area contributed by atoms with E-state index in [1.807, 2.05) is 0 Å². The molecule has 0 bridgehead atoms. The fraction of sp³-hybridized carbons (Fsp3) is 0.167. The van der Waals surface area contributed by atoms with Gasteiger partial charge in [-0.1, -0.05) is 48.5 Å². The van der Waals surface area contributed by atoms with Crippen LogP contribution in [0.2, 0.25) is 0 Å². The van der Waals surface area contributed by atoms with Gasteiger partial charge in [-0.2, -0.15) is 26.3 Å². The summed E-state index contributed by atoms with van der Waals surface area (Å²) in [4.78, 5) is 24.9. The van der Waals surface area contributed by atoms with Crippen molar-refractivity contribution >= 4 is 11.9 Å². The van der Waals surface area contributed by atoms with E-state index in [-0.39, 0.29) is 18.2 Å². The number of rotatable bonds is 4. The molecule has 34 heavy (non-hydrogen) atoms. The number of carbonyl (C=O) groups excluding carboxylic acids is 1. The number of carboxylic acids is 1. The molecule has 1 amide bonds. The van der Waals surface area contributed by atoms with Crippen LogP contribution in [0.3, 0.4) is 0 Å². The summed E-state index contributed by atoms with van der Waals surface area (Å²) in [7, 11) is 0. The average molecular weight is 479 g/mol. The second kappa shape index (κ2) is 8.19. The Bertz CT molecular complexity index is 1200. The van der Waals surface area contributed by atoms with Gasteiger partial charge in [0.2, 0.25) is 0 Å². The van der Waals surface area contributed by atoms with Crippen molar-refractivity contribution in [2.45, 2.75) is 24.3 Å². The van der Waals surface area contributed by atoms with Crippen molar-refractivity contribution in [2.75, 3.05) is 0 Å². The molecule has 0 radical (unpaired) electrons. The average Bonchev–Trinajstić information content (AvgIpc) is 3.10. The molecule has 0 saturated carbocycles. The Kier molecular flexibility index (Phi) is 5.63. The van der Waals surface area contributed by atoms with Crippen LogP contribution in [0, 0.1) is 0 Å². The van der Waals surface area contributed by atoms with Crippen LogP contribution in [0.25, 0.3) is 11.1 Å². The standard InChI is InChI=1S/C24H15F6NO3/c25-23(26,27)13-9-12(10-14(11-13)24(28,29)30)21(32)31-20(22(33)34)19-17-7-3-1-5-15(17)16-6-2-4-8-18(16)19/h1-11,19-20H,(H,31,32)(H,33,34)/t20-/m0/s1. The number of benzene rings is 3. The van der Waals surface area contributed by atoms with Gasteiger partial charge in [0.25, 0.3) is 5.91 Å². The van der Waals surface area contributed by atoms with Gasteiger partial charge in [0.05, 0.1) is 11.1 Å². The lowest BCUT2D eigenvalue weighted by molar-refractivity contribution is -0.143. The van der Waals surface area contributed by atoms with Crippen molar-refractivity contribution in [1.29, 1.82) is 0 Å². The van der Waals surface area contributed by atoms with Crippen LogP contribution in [-0.2, 0) is 17.1 Å². The number of nitrogens with one attached hydrogen (secondary N) is 1. The molecule has 0 fully saturated rings. The van der Waals surface area contributed by atoms with Gasteiger partial charge in [-0.05, 0) is 40.5 Å². The fourth-order valence-corrected chi connectivity index (χ4v) is 4.15. The Morgan fingerprint density at radius 3 is 1.62 bits per heavy atom. The molecule has 0 unspecified atom stereocenters. The Morgan fingerprint density at radius 2 is 1.21 bits per heavy atom. The van der Waals surface area contributed by atoms with Crippen molar-refractivity contribution < 1.29 is 41.0 Å². The topological polar surface area (TPSA) is 66.4 Å². The van der Waals surface area contributed by atoms with Crippen molar-refractivity contribution in [3.05, 3.63) is 94.5 Å². The van der Waals surface area contributed by atoms with E-state index in [2.05, 4.69) is 5.32 Å². The number of alkyl halides is 6. The third-order valence-corrected chi connectivity index (χ3v) is 5.62. The van der Waals surface area contributed by atoms with E-state index in [1.54, 1.807) is 48.5 Å². The maximum absolute atomic E-state index is 13.2. The van der Waals surface area contributed by atoms with Crippen LogP contribution in [0.4, 0.5) is 26.3 Å². The Labute approximate surface area is 188 Å². The SMILES string of the molecule is O=C(N[C@H](C(=O)O)C1c2ccccc2-c2ccccc21)c1cc(C(F)(F)F)cc(C(F)(F)F)c1. The van der Waals surface area contributed by atoms with Gasteiger partial charge < -0.3 is 10.4 Å². The number of hydrogen-bond donors (Lipinski definition) is 2. The number of aliphatic carboxylic acids is 1. The maximum atomic E-state index is 13.2. The largest absolute Gasteiger partial charge is 0.480 e. The lowest BCUT2D eigenvalue weighted by atomic mass is 9.89. The van der Waals surface area contributed by atoms with Crippen molar-refractivity contribution in [3.63, 3.8) is 0 Å². The van der Waals surface area contributed by atoms with E-state index in [9.17, 15) is 41.0 Å². The molecule has 4 rings (SSSR count). The summed E-state index contributed by atoms with van der Waals surface area (Å²) in [5.41, 5.74) is -1.71. The fourth-order valence-electron chi connectivity index (χ4n) is 4.15. The smallest absolute Gasteiger partial charge is 0.416 e. The van der Waals surface area contributed by atoms with E-state index in [1.165, 1.54) is 0 Å². The van der Waals surface area contributed by atoms with E-state index in [4.69, 9.17) is 0 Å². The summed E-state index contributed by atoms with van der Waals surface area (Å²) in [5.74, 6) is -3.76. The summed E-state index contributed by atoms with van der Waals surface area (Å²) in [5, 5.41) is 12.0. The quantitative estimate of drug-likeness (QED) is 0.471. The minimum Gasteiger partial charge on any atom is -0.480 e. The molecule has 2 N–H and O–H groups in total. The monoisotopic (exact) mass is 479 g/mol. The molecular formula is C24H15F6NO3. The molecule has 3 aromatic carbocycles. The van der Waals surface area contributed by atoms with Gasteiger partial charge in [0.15, 0.2) is 0 Å². The first-order valence-corrected chi connectivity index (χ1v) is 9.89. The van der Waals surface area contributed by atoms with Gasteiger partial charge in [-0.3, -0.25) is 4.79 Å². The lowest BCUT2D eigenvalue weighted by Gasteiger charge is -2.23. The first kappa shape index (κ1) is 23.3. The normalized spacial score (nSPS) is 14.3. The highest BCUT2D eigenvalue weighted by Crippen LogP contribution is 2.46. The van der Waals surface area contributed by atoms with Crippen LogP contribution in [0.1, 0.15) is 38.5 Å². The highest BCUT2D eigenvalue weighted by Gasteiger charge is 2.41. The number of fused-ring (bicyclic) bond motifs is 3. The van der Waals surface area contributed by atoms with Crippen LogP contribution < -0.4 is 5.32 Å². The van der Waals surface area contributed by atoms with Crippen LogP contribution in [0.5, 0.6) is 0 Å². The molecule has 176 valence electrons. The number of carboxylic acid groups (broad SMARTS) is 1. The molecule has 4 nitrogen and oxygen atoms in total. The van der Waals surface area contributed by atoms with Crippen LogP contribution in [-0.4, -0.2) is 23.0 Å². The zero-order chi connectivity index (χ0) is 24.8. The second-order valence-electron chi connectivity index (χ2n) is 7.74. The number of carbonyl (C=O) groups is 2. The van der Waals surface area contributed by atoms with Crippen molar-refractivity contribution in [1.82, 2.24) is 5.32 Å². The van der Waals surface area contributed by atoms with Crippen molar-refractivity contribution in [2.24, 2.45) is 0 Å². The predicted molar refractivity (Wildman–Crippen MR) is 109 cm³/mol. The van der Waals surface area contributed by atoms with Gasteiger partial charge in [0.1, 0.15) is 6.04 Å². The number of amides is 1. The minimum absolute atomic E-state index is 0.102. The maximum Gasteiger partial charge on any atom is 0.416 e. The molecule has 0 aromatic heterocycles. The third-order valence-electron chi connectivity index (χ3n) is 5.62. The molecule has 1 aliphatic carbocycles. The summed E-state index contributed by atoms with van der Waals surface area (Å²) in [6.07, 6.45) is -10.3. The summed E-state index contributed by atoms with van der Waals surface area (Å²) >= 11 is 0. The van der Waals surface area contributed by atoms with Crippen LogP contribution in [0.15, 0.2) is 66.7 Å². The van der Waals surface area contributed by atoms with Gasteiger partial charge >= 0.3 is 18.3 Å². The van der Waals surface area contributed by atoms with E-state index >= 15 is 0 Å². The summed E-state index contributed by atoms with van der Waals surface area (Å²) in [6.45, 7) is 0. The first-order chi connectivity index (χ1) is 15.9. The zero-order valence-electron chi connectivity index (χ0n) is 17.0. The highest BCUT2D eigenvalue weighted by atomic mass is 19.4. The Morgan fingerprint density at radius 1 is 0.765 bits per heavy atom. The summed E-state index contributed by atoms with van der Waals surface area (Å²) < 4.78 is 79.0. The highest BCUT2D eigenvalue weighted by molar-refractivity contribution is 5.98. The molecule has 3 aromatic rings. The number of hydrogen-bond acceptors (Lipinski definition) is 2. The van der Waals surface area contributed by atoms with Gasteiger partial charge in [-0.15, -0.1) is 0 Å². The van der Waals surface area contributed by atoms with E-state index in [0.717, 1.165) is 11.1 Å². The minimum atomic E-state index is -5.15. The Balaban J connectivity index is 1.76. The first-order valence-electron chi connectivity index (χ1n) is 9.89. The van der Waals surface area contributed by atoms with E-state index in [0.29, 0.717) is 11.1 Å². The van der Waals surface area contributed by atoms with Crippen LogP contribution >= 0.6 is 0 Å². The molecule has 1 aliphatic rings. The second-order valence-corrected chi connectivity index (χ2v) is 7.74. The molecule has 1 atom stereocenters. The molecule has 0 heterocycles. The van der Waals surface area contributed by atoms with E-state index < -0.39 is 52.9 Å². The molecule has 0 spiro atoms. The molecule has 10 heteroatoms. The lowest BCUT2D eigenvalue weighted by Crippen LogP contribution is -2.45. The third kappa shape index (κ3) is 4.23.